The molecule has 1 aliphatic rings. The summed E-state index contributed by atoms with van der Waals surface area (Å²) in [6.07, 6.45) is -5.03. The Balaban J connectivity index is 2.16. The highest BCUT2D eigenvalue weighted by atomic mass is 19.4. The smallest absolute Gasteiger partial charge is 0.416 e. The van der Waals surface area contributed by atoms with Gasteiger partial charge in [-0.05, 0) is 24.6 Å². The molecule has 1 heterocycles. The fourth-order valence-electron chi connectivity index (χ4n) is 2.03. The Labute approximate surface area is 119 Å². The molecular weight excluding hydrogens is 287 g/mol. The van der Waals surface area contributed by atoms with E-state index in [0.717, 1.165) is 12.1 Å². The third-order valence-corrected chi connectivity index (χ3v) is 3.09. The standard InChI is InChI=1S/C13H14F3N3O2/c1-7-10(18-11(17-7)19-12(20)21-2)8-3-5-9(6-4-8)13(14,15)16/h3-7,10H,1-2H3,(H2,17,18,19,20). The second-order valence-electron chi connectivity index (χ2n) is 4.59. The van der Waals surface area contributed by atoms with Crippen molar-refractivity contribution in [2.75, 3.05) is 7.11 Å². The summed E-state index contributed by atoms with van der Waals surface area (Å²) < 4.78 is 42.0. The molecule has 1 amide bonds. The van der Waals surface area contributed by atoms with Crippen molar-refractivity contribution in [2.45, 2.75) is 25.2 Å². The van der Waals surface area contributed by atoms with Gasteiger partial charge in [0.2, 0.25) is 5.96 Å². The fourth-order valence-corrected chi connectivity index (χ4v) is 2.03. The summed E-state index contributed by atoms with van der Waals surface area (Å²) in [4.78, 5) is 15.3. The Morgan fingerprint density at radius 3 is 2.48 bits per heavy atom. The summed E-state index contributed by atoms with van der Waals surface area (Å²) in [5.74, 6) is 0.235. The van der Waals surface area contributed by atoms with Crippen LogP contribution in [0.25, 0.3) is 0 Å². The minimum absolute atomic E-state index is 0.158. The zero-order valence-corrected chi connectivity index (χ0v) is 11.4. The van der Waals surface area contributed by atoms with Crippen molar-refractivity contribution in [3.05, 3.63) is 35.4 Å². The Bertz CT molecular complexity index is 555. The molecule has 8 heteroatoms. The van der Waals surface area contributed by atoms with E-state index in [2.05, 4.69) is 20.4 Å². The number of hydrogen-bond acceptors (Lipinski definition) is 4. The highest BCUT2D eigenvalue weighted by Crippen LogP contribution is 2.31. The minimum Gasteiger partial charge on any atom is -0.453 e. The van der Waals surface area contributed by atoms with E-state index in [4.69, 9.17) is 0 Å². The number of guanidine groups is 1. The van der Waals surface area contributed by atoms with Crippen molar-refractivity contribution in [1.82, 2.24) is 10.6 Å². The molecule has 0 radical (unpaired) electrons. The van der Waals surface area contributed by atoms with Crippen molar-refractivity contribution in [3.63, 3.8) is 0 Å². The molecule has 2 atom stereocenters. The Hall–Kier alpha value is -2.25. The van der Waals surface area contributed by atoms with Gasteiger partial charge in [0, 0.05) is 0 Å². The van der Waals surface area contributed by atoms with Crippen LogP contribution in [0.3, 0.4) is 0 Å². The largest absolute Gasteiger partial charge is 0.453 e. The van der Waals surface area contributed by atoms with Crippen LogP contribution in [-0.4, -0.2) is 25.2 Å². The molecule has 0 saturated carbocycles. The van der Waals surface area contributed by atoms with Crippen LogP contribution in [-0.2, 0) is 10.9 Å². The number of aliphatic imine (C=N–C) groups is 1. The number of hydrogen-bond donors (Lipinski definition) is 2. The predicted molar refractivity (Wildman–Crippen MR) is 69.8 cm³/mol. The number of methoxy groups -OCH3 is 1. The molecular formula is C13H14F3N3O2. The Morgan fingerprint density at radius 1 is 1.33 bits per heavy atom. The molecule has 21 heavy (non-hydrogen) atoms. The minimum atomic E-state index is -4.36. The Kier molecular flexibility index (Phi) is 4.06. The lowest BCUT2D eigenvalue weighted by atomic mass is 10.0. The second-order valence-corrected chi connectivity index (χ2v) is 4.59. The number of ether oxygens (including phenoxy) is 1. The third-order valence-electron chi connectivity index (χ3n) is 3.09. The molecule has 0 fully saturated rings. The highest BCUT2D eigenvalue weighted by Gasteiger charge is 2.32. The highest BCUT2D eigenvalue weighted by molar-refractivity contribution is 5.95. The normalized spacial score (nSPS) is 21.5. The van der Waals surface area contributed by atoms with E-state index in [-0.39, 0.29) is 18.0 Å². The molecule has 1 aromatic rings. The van der Waals surface area contributed by atoms with Crippen molar-refractivity contribution >= 4 is 12.1 Å². The second kappa shape index (κ2) is 5.63. The molecule has 1 aromatic carbocycles. The van der Waals surface area contributed by atoms with Crippen molar-refractivity contribution in [3.8, 4) is 0 Å². The van der Waals surface area contributed by atoms with Gasteiger partial charge in [-0.1, -0.05) is 12.1 Å². The van der Waals surface area contributed by atoms with E-state index in [1.165, 1.54) is 19.2 Å². The summed E-state index contributed by atoms with van der Waals surface area (Å²) in [5, 5.41) is 5.32. The molecule has 0 spiro atoms. The van der Waals surface area contributed by atoms with E-state index < -0.39 is 17.8 Å². The van der Waals surface area contributed by atoms with E-state index in [1.807, 2.05) is 6.92 Å². The average molecular weight is 301 g/mol. The van der Waals surface area contributed by atoms with Crippen LogP contribution < -0.4 is 10.6 Å². The summed E-state index contributed by atoms with van der Waals surface area (Å²) in [7, 11) is 1.22. The summed E-state index contributed by atoms with van der Waals surface area (Å²) in [5.41, 5.74) is -0.0774. The zero-order chi connectivity index (χ0) is 15.6. The van der Waals surface area contributed by atoms with Gasteiger partial charge < -0.3 is 10.1 Å². The number of nitrogens with one attached hydrogen (secondary N) is 2. The number of amides is 1. The number of nitrogens with zero attached hydrogens (tertiary/aromatic N) is 1. The zero-order valence-electron chi connectivity index (χ0n) is 11.4. The van der Waals surface area contributed by atoms with Gasteiger partial charge in [0.15, 0.2) is 0 Å². The number of alkyl carbamates (subject to hydrolysis) is 1. The monoisotopic (exact) mass is 301 g/mol. The first kappa shape index (κ1) is 15.1. The fraction of sp³-hybridized carbons (Fsp3) is 0.385. The first-order valence-corrected chi connectivity index (χ1v) is 6.17. The predicted octanol–water partition coefficient (Wildman–Crippen LogP) is 2.45. The molecule has 0 aliphatic carbocycles. The van der Waals surface area contributed by atoms with Crippen LogP contribution in [0.15, 0.2) is 29.3 Å². The molecule has 0 bridgehead atoms. The molecule has 2 N–H and O–H groups in total. The maximum absolute atomic E-state index is 12.5. The van der Waals surface area contributed by atoms with Gasteiger partial charge in [0.05, 0.1) is 24.8 Å². The van der Waals surface area contributed by atoms with Crippen LogP contribution in [0.1, 0.15) is 24.1 Å². The molecule has 2 rings (SSSR count). The number of carbonyl (C=O) groups excluding carboxylic acids is 1. The van der Waals surface area contributed by atoms with E-state index in [1.54, 1.807) is 0 Å². The van der Waals surface area contributed by atoms with Crippen molar-refractivity contribution in [1.29, 1.82) is 0 Å². The molecule has 0 saturated heterocycles. The summed E-state index contributed by atoms with van der Waals surface area (Å²) in [6, 6.07) is 4.27. The van der Waals surface area contributed by atoms with Gasteiger partial charge >= 0.3 is 12.3 Å². The van der Waals surface area contributed by atoms with Crippen molar-refractivity contribution < 1.29 is 22.7 Å². The van der Waals surface area contributed by atoms with E-state index >= 15 is 0 Å². The number of rotatable bonds is 1. The average Bonchev–Trinajstić information content (AvgIpc) is 2.78. The van der Waals surface area contributed by atoms with Crippen molar-refractivity contribution in [2.24, 2.45) is 4.99 Å². The molecule has 2 unspecified atom stereocenters. The van der Waals surface area contributed by atoms with Crippen LogP contribution in [0.4, 0.5) is 18.0 Å². The van der Waals surface area contributed by atoms with Crippen LogP contribution in [0.5, 0.6) is 0 Å². The van der Waals surface area contributed by atoms with Gasteiger partial charge in [0.25, 0.3) is 0 Å². The number of benzene rings is 1. The molecule has 1 aliphatic heterocycles. The molecule has 114 valence electrons. The molecule has 5 nitrogen and oxygen atoms in total. The van der Waals surface area contributed by atoms with E-state index in [0.29, 0.717) is 5.56 Å². The first-order chi connectivity index (χ1) is 9.81. The lowest BCUT2D eigenvalue weighted by molar-refractivity contribution is -0.137. The maximum atomic E-state index is 12.5. The summed E-state index contributed by atoms with van der Waals surface area (Å²) >= 11 is 0. The SMILES string of the molecule is COC(=O)NC1=NC(c2ccc(C(F)(F)F)cc2)C(C)N1. The molecule has 0 aromatic heterocycles. The maximum Gasteiger partial charge on any atom is 0.416 e. The number of halogens is 3. The third kappa shape index (κ3) is 3.45. The van der Waals surface area contributed by atoms with Gasteiger partial charge in [-0.15, -0.1) is 0 Å². The van der Waals surface area contributed by atoms with E-state index in [9.17, 15) is 18.0 Å². The first-order valence-electron chi connectivity index (χ1n) is 6.17. The topological polar surface area (TPSA) is 62.7 Å². The van der Waals surface area contributed by atoms with Gasteiger partial charge in [-0.25, -0.2) is 9.79 Å². The number of alkyl halides is 3. The quantitative estimate of drug-likeness (QED) is 0.837. The lowest BCUT2D eigenvalue weighted by Gasteiger charge is -2.14. The Morgan fingerprint density at radius 2 is 1.95 bits per heavy atom. The number of carbonyl (C=O) groups is 1. The lowest BCUT2D eigenvalue weighted by Crippen LogP contribution is -2.41. The van der Waals surface area contributed by atoms with Gasteiger partial charge in [0.1, 0.15) is 0 Å². The van der Waals surface area contributed by atoms with Crippen LogP contribution in [0, 0.1) is 0 Å². The van der Waals surface area contributed by atoms with Crippen LogP contribution >= 0.6 is 0 Å². The van der Waals surface area contributed by atoms with Crippen LogP contribution in [0.2, 0.25) is 0 Å². The summed E-state index contributed by atoms with van der Waals surface area (Å²) in [6.45, 7) is 1.82. The van der Waals surface area contributed by atoms with Gasteiger partial charge in [-0.2, -0.15) is 13.2 Å². The van der Waals surface area contributed by atoms with Gasteiger partial charge in [-0.3, -0.25) is 5.32 Å².